The molecule has 1 amide bonds. The molecule has 0 radical (unpaired) electrons. The molecular weight excluding hydrogens is 297 g/mol. The summed E-state index contributed by atoms with van der Waals surface area (Å²) in [5.41, 5.74) is 4.93. The lowest BCUT2D eigenvalue weighted by molar-refractivity contribution is -0.144. The molecule has 0 spiro atoms. The summed E-state index contributed by atoms with van der Waals surface area (Å²) in [4.78, 5) is 13.8. The number of likely N-dealkylation sites (tertiary alicyclic amines) is 1. The van der Waals surface area contributed by atoms with Gasteiger partial charge in [-0.15, -0.1) is 0 Å². The Morgan fingerprint density at radius 3 is 2.73 bits per heavy atom. The second-order valence-corrected chi connectivity index (χ2v) is 5.44. The fourth-order valence-corrected chi connectivity index (χ4v) is 2.51. The van der Waals surface area contributed by atoms with Crippen LogP contribution < -0.4 is 10.5 Å². The average Bonchev–Trinajstić information content (AvgIpc) is 2.46. The SMILES string of the molecule is C[C@@H](Oc1ccccc1C(F)(F)F)C(=O)N1CCC[C@@H](N)C1. The quantitative estimate of drug-likeness (QED) is 0.932. The van der Waals surface area contributed by atoms with Gasteiger partial charge in [-0.25, -0.2) is 0 Å². The van der Waals surface area contributed by atoms with E-state index in [9.17, 15) is 18.0 Å². The van der Waals surface area contributed by atoms with Crippen LogP contribution >= 0.6 is 0 Å². The van der Waals surface area contributed by atoms with Gasteiger partial charge in [-0.1, -0.05) is 12.1 Å². The fourth-order valence-electron chi connectivity index (χ4n) is 2.51. The van der Waals surface area contributed by atoms with E-state index >= 15 is 0 Å². The van der Waals surface area contributed by atoms with Crippen LogP contribution in [-0.2, 0) is 11.0 Å². The third kappa shape index (κ3) is 3.91. The van der Waals surface area contributed by atoms with Crippen molar-refractivity contribution >= 4 is 5.91 Å². The van der Waals surface area contributed by atoms with Crippen molar-refractivity contribution in [3.05, 3.63) is 29.8 Å². The number of hydrogen-bond donors (Lipinski definition) is 1. The Balaban J connectivity index is 2.09. The molecule has 2 rings (SSSR count). The van der Waals surface area contributed by atoms with Crippen LogP contribution in [0.3, 0.4) is 0 Å². The Bertz CT molecular complexity index is 534. The third-order valence-corrected chi connectivity index (χ3v) is 3.61. The van der Waals surface area contributed by atoms with Gasteiger partial charge in [0.15, 0.2) is 6.10 Å². The lowest BCUT2D eigenvalue weighted by atomic mass is 10.1. The molecule has 4 nitrogen and oxygen atoms in total. The van der Waals surface area contributed by atoms with Gasteiger partial charge in [0.25, 0.3) is 5.91 Å². The van der Waals surface area contributed by atoms with Crippen LogP contribution in [0.2, 0.25) is 0 Å². The highest BCUT2D eigenvalue weighted by molar-refractivity contribution is 5.81. The molecule has 1 aromatic carbocycles. The first-order chi connectivity index (χ1) is 10.3. The van der Waals surface area contributed by atoms with Gasteiger partial charge in [0.05, 0.1) is 5.56 Å². The first-order valence-electron chi connectivity index (χ1n) is 7.16. The predicted octanol–water partition coefficient (Wildman–Crippen LogP) is 2.42. The molecular formula is C15H19F3N2O2. The zero-order valence-corrected chi connectivity index (χ0v) is 12.3. The number of halogens is 3. The van der Waals surface area contributed by atoms with Gasteiger partial charge in [-0.2, -0.15) is 13.2 Å². The number of benzene rings is 1. The van der Waals surface area contributed by atoms with E-state index < -0.39 is 17.8 Å². The van der Waals surface area contributed by atoms with Gasteiger partial charge < -0.3 is 15.4 Å². The molecule has 1 aromatic rings. The number of alkyl halides is 3. The number of piperidine rings is 1. The van der Waals surface area contributed by atoms with Gasteiger partial charge in [0.1, 0.15) is 5.75 Å². The van der Waals surface area contributed by atoms with Gasteiger partial charge in [-0.3, -0.25) is 4.79 Å². The van der Waals surface area contributed by atoms with Crippen LogP contribution in [-0.4, -0.2) is 36.0 Å². The van der Waals surface area contributed by atoms with Crippen LogP contribution in [0.1, 0.15) is 25.3 Å². The van der Waals surface area contributed by atoms with E-state index in [1.807, 2.05) is 0 Å². The van der Waals surface area contributed by atoms with Crippen molar-refractivity contribution in [3.8, 4) is 5.75 Å². The summed E-state index contributed by atoms with van der Waals surface area (Å²) in [5, 5.41) is 0. The maximum absolute atomic E-state index is 12.9. The molecule has 1 heterocycles. The monoisotopic (exact) mass is 316 g/mol. The maximum atomic E-state index is 12.9. The van der Waals surface area contributed by atoms with E-state index in [-0.39, 0.29) is 17.7 Å². The Morgan fingerprint density at radius 2 is 2.09 bits per heavy atom. The number of hydrogen-bond acceptors (Lipinski definition) is 3. The first-order valence-corrected chi connectivity index (χ1v) is 7.16. The summed E-state index contributed by atoms with van der Waals surface area (Å²) in [6, 6.07) is 4.79. The highest BCUT2D eigenvalue weighted by Gasteiger charge is 2.35. The molecule has 1 saturated heterocycles. The number of nitrogens with zero attached hydrogens (tertiary/aromatic N) is 1. The molecule has 2 N–H and O–H groups in total. The summed E-state index contributed by atoms with van der Waals surface area (Å²) >= 11 is 0. The second kappa shape index (κ2) is 6.56. The minimum Gasteiger partial charge on any atom is -0.480 e. The molecule has 2 atom stereocenters. The summed E-state index contributed by atoms with van der Waals surface area (Å²) in [7, 11) is 0. The molecule has 0 unspecified atom stereocenters. The second-order valence-electron chi connectivity index (χ2n) is 5.44. The van der Waals surface area contributed by atoms with E-state index in [0.29, 0.717) is 13.1 Å². The smallest absolute Gasteiger partial charge is 0.419 e. The lowest BCUT2D eigenvalue weighted by Crippen LogP contribution is -2.49. The van der Waals surface area contributed by atoms with Crippen LogP contribution in [0, 0.1) is 0 Å². The zero-order valence-electron chi connectivity index (χ0n) is 12.3. The molecule has 0 aromatic heterocycles. The molecule has 1 fully saturated rings. The summed E-state index contributed by atoms with van der Waals surface area (Å²) in [6.07, 6.45) is -3.88. The molecule has 22 heavy (non-hydrogen) atoms. The topological polar surface area (TPSA) is 55.6 Å². The molecule has 0 aliphatic carbocycles. The van der Waals surface area contributed by atoms with Crippen molar-refractivity contribution in [2.45, 2.75) is 38.1 Å². The van der Waals surface area contributed by atoms with Crippen LogP contribution in [0.25, 0.3) is 0 Å². The van der Waals surface area contributed by atoms with Crippen molar-refractivity contribution in [2.75, 3.05) is 13.1 Å². The number of carbonyl (C=O) groups excluding carboxylic acids is 1. The van der Waals surface area contributed by atoms with Crippen molar-refractivity contribution in [1.82, 2.24) is 4.90 Å². The van der Waals surface area contributed by atoms with E-state index in [0.717, 1.165) is 18.9 Å². The van der Waals surface area contributed by atoms with Crippen LogP contribution in [0.15, 0.2) is 24.3 Å². The molecule has 122 valence electrons. The maximum Gasteiger partial charge on any atom is 0.419 e. The summed E-state index contributed by atoms with van der Waals surface area (Å²) in [6.45, 7) is 2.42. The zero-order chi connectivity index (χ0) is 16.3. The number of carbonyl (C=O) groups is 1. The van der Waals surface area contributed by atoms with Crippen molar-refractivity contribution in [1.29, 1.82) is 0 Å². The van der Waals surface area contributed by atoms with Crippen molar-refractivity contribution in [3.63, 3.8) is 0 Å². The summed E-state index contributed by atoms with van der Waals surface area (Å²) < 4.78 is 44.0. The number of nitrogens with two attached hydrogens (primary N) is 1. The standard InChI is InChI=1S/C15H19F3N2O2/c1-10(14(21)20-8-4-5-11(19)9-20)22-13-7-3-2-6-12(13)15(16,17)18/h2-3,6-7,10-11H,4-5,8-9,19H2,1H3/t10-,11-/m1/s1. The van der Waals surface area contributed by atoms with Crippen LogP contribution in [0.4, 0.5) is 13.2 Å². The largest absolute Gasteiger partial charge is 0.480 e. The predicted molar refractivity (Wildman–Crippen MR) is 75.3 cm³/mol. The Kier molecular flexibility index (Phi) is 4.95. The van der Waals surface area contributed by atoms with Crippen molar-refractivity contribution < 1.29 is 22.7 Å². The Hall–Kier alpha value is -1.76. The van der Waals surface area contributed by atoms with E-state index in [4.69, 9.17) is 10.5 Å². The van der Waals surface area contributed by atoms with Crippen LogP contribution in [0.5, 0.6) is 5.75 Å². The Morgan fingerprint density at radius 1 is 1.41 bits per heavy atom. The van der Waals surface area contributed by atoms with E-state index in [1.165, 1.54) is 25.1 Å². The molecule has 1 aliphatic heterocycles. The first kappa shape index (κ1) is 16.6. The minimum atomic E-state index is -4.52. The highest BCUT2D eigenvalue weighted by atomic mass is 19.4. The fraction of sp³-hybridized carbons (Fsp3) is 0.533. The normalized spacial score (nSPS) is 20.6. The third-order valence-electron chi connectivity index (χ3n) is 3.61. The number of rotatable bonds is 3. The molecule has 0 saturated carbocycles. The number of para-hydroxylation sites is 1. The van der Waals surface area contributed by atoms with Gasteiger partial charge in [0.2, 0.25) is 0 Å². The van der Waals surface area contributed by atoms with Gasteiger partial charge >= 0.3 is 6.18 Å². The van der Waals surface area contributed by atoms with Gasteiger partial charge in [0, 0.05) is 19.1 Å². The molecule has 7 heteroatoms. The van der Waals surface area contributed by atoms with Crippen molar-refractivity contribution in [2.24, 2.45) is 5.73 Å². The number of amides is 1. The van der Waals surface area contributed by atoms with Gasteiger partial charge in [-0.05, 0) is 31.9 Å². The lowest BCUT2D eigenvalue weighted by Gasteiger charge is -2.32. The van der Waals surface area contributed by atoms with E-state index in [1.54, 1.807) is 4.90 Å². The number of ether oxygens (including phenoxy) is 1. The Labute approximate surface area is 127 Å². The highest BCUT2D eigenvalue weighted by Crippen LogP contribution is 2.36. The van der Waals surface area contributed by atoms with E-state index in [2.05, 4.69) is 0 Å². The molecule has 1 aliphatic rings. The summed E-state index contributed by atoms with van der Waals surface area (Å²) in [5.74, 6) is -0.677. The average molecular weight is 316 g/mol. The molecule has 0 bridgehead atoms. The minimum absolute atomic E-state index is 0.0904.